The smallest absolute Gasteiger partial charge is 0.320 e. The van der Waals surface area contributed by atoms with E-state index in [1.807, 2.05) is 16.7 Å². The number of carbonyl (C=O) groups excluding carboxylic acids is 1. The van der Waals surface area contributed by atoms with Crippen LogP contribution >= 0.6 is 0 Å². The van der Waals surface area contributed by atoms with Gasteiger partial charge in [0.2, 0.25) is 0 Å². The second-order valence-electron chi connectivity index (χ2n) is 6.11. The third kappa shape index (κ3) is 5.56. The summed E-state index contributed by atoms with van der Waals surface area (Å²) in [6.07, 6.45) is 4.82. The minimum Gasteiger partial charge on any atom is -0.481 e. The molecule has 0 aromatic heterocycles. The number of hydrogen-bond acceptors (Lipinski definition) is 2. The van der Waals surface area contributed by atoms with Crippen LogP contribution in [-0.4, -0.2) is 52.6 Å². The van der Waals surface area contributed by atoms with Gasteiger partial charge in [0.05, 0.1) is 0 Å². The zero-order valence-corrected chi connectivity index (χ0v) is 13.7. The maximum atomic E-state index is 12.7. The standard InChI is InChI=1S/C16H30N2O3/c1-4-13(3)12-17(5-2)16(21)18-11-7-6-8-14(18)9-10-15(19)20/h13-14H,4-12H2,1-3H3,(H,19,20). The van der Waals surface area contributed by atoms with Crippen molar-refractivity contribution in [2.75, 3.05) is 19.6 Å². The number of hydrogen-bond donors (Lipinski definition) is 1. The Hall–Kier alpha value is -1.26. The lowest BCUT2D eigenvalue weighted by atomic mass is 9.98. The summed E-state index contributed by atoms with van der Waals surface area (Å²) < 4.78 is 0. The molecule has 1 aliphatic heterocycles. The van der Waals surface area contributed by atoms with E-state index in [0.717, 1.165) is 38.8 Å². The summed E-state index contributed by atoms with van der Waals surface area (Å²) >= 11 is 0. The van der Waals surface area contributed by atoms with Gasteiger partial charge < -0.3 is 14.9 Å². The van der Waals surface area contributed by atoms with E-state index in [4.69, 9.17) is 5.11 Å². The molecule has 2 amide bonds. The molecular formula is C16H30N2O3. The normalized spacial score (nSPS) is 20.1. The van der Waals surface area contributed by atoms with Gasteiger partial charge in [0.25, 0.3) is 0 Å². The van der Waals surface area contributed by atoms with E-state index in [1.165, 1.54) is 0 Å². The SMILES string of the molecule is CCC(C)CN(CC)C(=O)N1CCCCC1CCC(=O)O. The minimum atomic E-state index is -0.778. The summed E-state index contributed by atoms with van der Waals surface area (Å²) in [6.45, 7) is 8.57. The van der Waals surface area contributed by atoms with Crippen LogP contribution in [0.25, 0.3) is 0 Å². The van der Waals surface area contributed by atoms with Crippen molar-refractivity contribution in [1.29, 1.82) is 0 Å². The second-order valence-corrected chi connectivity index (χ2v) is 6.11. The van der Waals surface area contributed by atoms with Gasteiger partial charge in [-0.15, -0.1) is 0 Å². The van der Waals surface area contributed by atoms with E-state index < -0.39 is 5.97 Å². The molecular weight excluding hydrogens is 268 g/mol. The topological polar surface area (TPSA) is 60.9 Å². The van der Waals surface area contributed by atoms with Crippen LogP contribution < -0.4 is 0 Å². The fraction of sp³-hybridized carbons (Fsp3) is 0.875. The lowest BCUT2D eigenvalue weighted by Gasteiger charge is -2.39. The van der Waals surface area contributed by atoms with Gasteiger partial charge in [0, 0.05) is 32.1 Å². The molecule has 0 radical (unpaired) electrons. The summed E-state index contributed by atoms with van der Waals surface area (Å²) in [5, 5.41) is 8.86. The lowest BCUT2D eigenvalue weighted by Crippen LogP contribution is -2.51. The van der Waals surface area contributed by atoms with Crippen molar-refractivity contribution in [3.63, 3.8) is 0 Å². The first kappa shape index (κ1) is 17.8. The molecule has 2 atom stereocenters. The molecule has 5 heteroatoms. The zero-order chi connectivity index (χ0) is 15.8. The summed E-state index contributed by atoms with van der Waals surface area (Å²) in [7, 11) is 0. The van der Waals surface area contributed by atoms with E-state index in [1.54, 1.807) is 0 Å². The van der Waals surface area contributed by atoms with Crippen molar-refractivity contribution in [2.45, 2.75) is 65.3 Å². The molecule has 0 aromatic carbocycles. The number of urea groups is 1. The molecule has 0 aromatic rings. The molecule has 122 valence electrons. The first-order chi connectivity index (χ1) is 9.99. The van der Waals surface area contributed by atoms with Crippen molar-refractivity contribution in [1.82, 2.24) is 9.80 Å². The number of likely N-dealkylation sites (tertiary alicyclic amines) is 1. The first-order valence-electron chi connectivity index (χ1n) is 8.26. The molecule has 1 fully saturated rings. The van der Waals surface area contributed by atoms with Gasteiger partial charge in [0.15, 0.2) is 0 Å². The number of amides is 2. The molecule has 0 saturated carbocycles. The van der Waals surface area contributed by atoms with Gasteiger partial charge in [-0.2, -0.15) is 0 Å². The summed E-state index contributed by atoms with van der Waals surface area (Å²) in [6, 6.07) is 0.182. The molecule has 2 unspecified atom stereocenters. The number of carboxylic acids is 1. The number of carbonyl (C=O) groups is 2. The Bertz CT molecular complexity index is 346. The maximum absolute atomic E-state index is 12.7. The highest BCUT2D eigenvalue weighted by Crippen LogP contribution is 2.23. The summed E-state index contributed by atoms with van der Waals surface area (Å²) in [4.78, 5) is 27.3. The van der Waals surface area contributed by atoms with Gasteiger partial charge in [-0.25, -0.2) is 4.79 Å². The predicted octanol–water partition coefficient (Wildman–Crippen LogP) is 3.19. The van der Waals surface area contributed by atoms with Crippen LogP contribution in [0.2, 0.25) is 0 Å². The minimum absolute atomic E-state index is 0.0906. The lowest BCUT2D eigenvalue weighted by molar-refractivity contribution is -0.137. The molecule has 1 saturated heterocycles. The highest BCUT2D eigenvalue weighted by Gasteiger charge is 2.30. The van der Waals surface area contributed by atoms with Crippen molar-refractivity contribution in [3.8, 4) is 0 Å². The molecule has 1 aliphatic rings. The Labute approximate surface area is 128 Å². The Morgan fingerprint density at radius 3 is 2.62 bits per heavy atom. The fourth-order valence-electron chi connectivity index (χ4n) is 2.87. The highest BCUT2D eigenvalue weighted by molar-refractivity contribution is 5.75. The van der Waals surface area contributed by atoms with Gasteiger partial charge in [-0.1, -0.05) is 20.3 Å². The van der Waals surface area contributed by atoms with Crippen molar-refractivity contribution in [3.05, 3.63) is 0 Å². The molecule has 0 spiro atoms. The zero-order valence-electron chi connectivity index (χ0n) is 13.7. The Balaban J connectivity index is 2.67. The van der Waals surface area contributed by atoms with Crippen LogP contribution in [0.5, 0.6) is 0 Å². The molecule has 21 heavy (non-hydrogen) atoms. The number of nitrogens with zero attached hydrogens (tertiary/aromatic N) is 2. The number of piperidine rings is 1. The molecule has 0 aliphatic carbocycles. The number of rotatable bonds is 7. The van der Waals surface area contributed by atoms with Crippen molar-refractivity contribution >= 4 is 12.0 Å². The third-order valence-corrected chi connectivity index (χ3v) is 4.45. The van der Waals surface area contributed by atoms with Crippen LogP contribution in [-0.2, 0) is 4.79 Å². The molecule has 1 N–H and O–H groups in total. The Morgan fingerprint density at radius 1 is 1.33 bits per heavy atom. The van der Waals surface area contributed by atoms with E-state index in [2.05, 4.69) is 13.8 Å². The van der Waals surface area contributed by atoms with Crippen LogP contribution in [0.15, 0.2) is 0 Å². The second kappa shape index (κ2) is 8.90. The average Bonchev–Trinajstić information content (AvgIpc) is 2.49. The monoisotopic (exact) mass is 298 g/mol. The summed E-state index contributed by atoms with van der Waals surface area (Å²) in [5.74, 6) is -0.281. The van der Waals surface area contributed by atoms with E-state index in [-0.39, 0.29) is 18.5 Å². The quantitative estimate of drug-likeness (QED) is 0.785. The van der Waals surface area contributed by atoms with Crippen LogP contribution in [0.4, 0.5) is 4.79 Å². The van der Waals surface area contributed by atoms with Crippen LogP contribution in [0.3, 0.4) is 0 Å². The van der Waals surface area contributed by atoms with Crippen molar-refractivity contribution in [2.24, 2.45) is 5.92 Å². The first-order valence-corrected chi connectivity index (χ1v) is 8.26. The molecule has 1 rings (SSSR count). The molecule has 0 bridgehead atoms. The maximum Gasteiger partial charge on any atom is 0.320 e. The molecule has 1 heterocycles. The number of carboxylic acid groups (broad SMARTS) is 1. The molecule has 5 nitrogen and oxygen atoms in total. The highest BCUT2D eigenvalue weighted by atomic mass is 16.4. The van der Waals surface area contributed by atoms with Gasteiger partial charge >= 0.3 is 12.0 Å². The van der Waals surface area contributed by atoms with E-state index in [9.17, 15) is 9.59 Å². The predicted molar refractivity (Wildman–Crippen MR) is 83.3 cm³/mol. The van der Waals surface area contributed by atoms with E-state index in [0.29, 0.717) is 18.9 Å². The third-order valence-electron chi connectivity index (χ3n) is 4.45. The fourth-order valence-corrected chi connectivity index (χ4v) is 2.87. The average molecular weight is 298 g/mol. The van der Waals surface area contributed by atoms with Crippen LogP contribution in [0.1, 0.15) is 59.3 Å². The van der Waals surface area contributed by atoms with Crippen LogP contribution in [0, 0.1) is 5.92 Å². The van der Waals surface area contributed by atoms with Gasteiger partial charge in [-0.05, 0) is 38.5 Å². The Kier molecular flexibility index (Phi) is 7.54. The van der Waals surface area contributed by atoms with Gasteiger partial charge in [0.1, 0.15) is 0 Å². The Morgan fingerprint density at radius 2 is 2.05 bits per heavy atom. The summed E-state index contributed by atoms with van der Waals surface area (Å²) in [5.41, 5.74) is 0. The van der Waals surface area contributed by atoms with E-state index >= 15 is 0 Å². The number of aliphatic carboxylic acids is 1. The van der Waals surface area contributed by atoms with Gasteiger partial charge in [-0.3, -0.25) is 4.79 Å². The largest absolute Gasteiger partial charge is 0.481 e. The van der Waals surface area contributed by atoms with Crippen molar-refractivity contribution < 1.29 is 14.7 Å².